The average Bonchev–Trinajstić information content (AvgIpc) is 2.12. The van der Waals surface area contributed by atoms with Crippen LogP contribution in [-0.4, -0.2) is 17.6 Å². The minimum absolute atomic E-state index is 0.235. The van der Waals surface area contributed by atoms with E-state index in [1.807, 2.05) is 13.0 Å². The number of esters is 1. The van der Waals surface area contributed by atoms with Crippen LogP contribution in [0, 0.1) is 6.92 Å². The third-order valence-corrected chi connectivity index (χ3v) is 2.56. The van der Waals surface area contributed by atoms with Crippen molar-refractivity contribution in [3.8, 4) is 0 Å². The number of aromatic nitrogens is 1. The highest BCUT2D eigenvalue weighted by atomic mass is 79.9. The zero-order chi connectivity index (χ0) is 10.6. The molecule has 4 heteroatoms. The quantitative estimate of drug-likeness (QED) is 0.780. The lowest BCUT2D eigenvalue weighted by Gasteiger charge is -2.03. The Labute approximate surface area is 91.6 Å². The molecule has 0 spiro atoms. The van der Waals surface area contributed by atoms with Crippen LogP contribution in [0.5, 0.6) is 0 Å². The van der Waals surface area contributed by atoms with E-state index in [0.29, 0.717) is 6.61 Å². The molecule has 0 unspecified atom stereocenters. The topological polar surface area (TPSA) is 39.2 Å². The predicted molar refractivity (Wildman–Crippen MR) is 57.0 cm³/mol. The van der Waals surface area contributed by atoms with E-state index in [9.17, 15) is 4.79 Å². The van der Waals surface area contributed by atoms with Gasteiger partial charge in [-0.1, -0.05) is 0 Å². The van der Waals surface area contributed by atoms with Crippen molar-refractivity contribution in [1.82, 2.24) is 4.98 Å². The molecule has 0 aliphatic rings. The monoisotopic (exact) mass is 257 g/mol. The standard InChI is InChI=1S/C10H12BrNO2/c1-3-14-10(13)5-8-4-7(2)9(11)6-12-8/h4,6H,3,5H2,1-2H3. The minimum atomic E-state index is -0.235. The van der Waals surface area contributed by atoms with Gasteiger partial charge in [0.25, 0.3) is 0 Å². The molecule has 0 fully saturated rings. The third kappa shape index (κ3) is 3.10. The summed E-state index contributed by atoms with van der Waals surface area (Å²) in [5.74, 6) is -0.235. The van der Waals surface area contributed by atoms with E-state index < -0.39 is 0 Å². The summed E-state index contributed by atoms with van der Waals surface area (Å²) < 4.78 is 5.77. The van der Waals surface area contributed by atoms with Crippen LogP contribution in [0.3, 0.4) is 0 Å². The molecule has 0 aromatic carbocycles. The second-order valence-electron chi connectivity index (χ2n) is 2.91. The van der Waals surface area contributed by atoms with Crippen molar-refractivity contribution in [2.45, 2.75) is 20.3 Å². The van der Waals surface area contributed by atoms with E-state index in [1.54, 1.807) is 13.1 Å². The number of ether oxygens (including phenoxy) is 1. The number of nitrogens with zero attached hydrogens (tertiary/aromatic N) is 1. The summed E-state index contributed by atoms with van der Waals surface area (Å²) in [6, 6.07) is 1.88. The van der Waals surface area contributed by atoms with Gasteiger partial charge in [-0.2, -0.15) is 0 Å². The highest BCUT2D eigenvalue weighted by Crippen LogP contribution is 2.15. The van der Waals surface area contributed by atoms with Gasteiger partial charge >= 0.3 is 5.97 Å². The molecule has 0 amide bonds. The number of rotatable bonds is 3. The molecule has 0 atom stereocenters. The Kier molecular flexibility index (Phi) is 4.07. The number of aryl methyl sites for hydroxylation is 1. The second-order valence-corrected chi connectivity index (χ2v) is 3.76. The maximum absolute atomic E-state index is 11.1. The lowest BCUT2D eigenvalue weighted by Crippen LogP contribution is -2.08. The van der Waals surface area contributed by atoms with Gasteiger partial charge in [0.15, 0.2) is 0 Å². The van der Waals surface area contributed by atoms with Crippen molar-refractivity contribution in [1.29, 1.82) is 0 Å². The van der Waals surface area contributed by atoms with E-state index in [-0.39, 0.29) is 12.4 Å². The highest BCUT2D eigenvalue weighted by Gasteiger charge is 2.06. The minimum Gasteiger partial charge on any atom is -0.466 e. The van der Waals surface area contributed by atoms with Crippen LogP contribution < -0.4 is 0 Å². The molecular weight excluding hydrogens is 246 g/mol. The number of hydrogen-bond acceptors (Lipinski definition) is 3. The van der Waals surface area contributed by atoms with E-state index in [0.717, 1.165) is 15.7 Å². The predicted octanol–water partition coefficient (Wildman–Crippen LogP) is 2.26. The van der Waals surface area contributed by atoms with Gasteiger partial charge in [-0.25, -0.2) is 0 Å². The fourth-order valence-corrected chi connectivity index (χ4v) is 1.27. The molecule has 3 nitrogen and oxygen atoms in total. The normalized spacial score (nSPS) is 9.93. The number of hydrogen-bond donors (Lipinski definition) is 0. The summed E-state index contributed by atoms with van der Waals surface area (Å²) in [7, 11) is 0. The Hall–Kier alpha value is -0.900. The van der Waals surface area contributed by atoms with Gasteiger partial charge in [-0.15, -0.1) is 0 Å². The molecule has 1 aromatic heterocycles. The van der Waals surface area contributed by atoms with Crippen LogP contribution in [0.4, 0.5) is 0 Å². The summed E-state index contributed by atoms with van der Waals surface area (Å²) in [6.45, 7) is 4.16. The summed E-state index contributed by atoms with van der Waals surface area (Å²) in [5.41, 5.74) is 1.81. The Morgan fingerprint density at radius 3 is 2.93 bits per heavy atom. The Morgan fingerprint density at radius 2 is 2.36 bits per heavy atom. The number of carbonyl (C=O) groups excluding carboxylic acids is 1. The number of pyridine rings is 1. The lowest BCUT2D eigenvalue weighted by molar-refractivity contribution is -0.142. The van der Waals surface area contributed by atoms with Crippen LogP contribution in [0.15, 0.2) is 16.7 Å². The summed E-state index contributed by atoms with van der Waals surface area (Å²) >= 11 is 3.35. The summed E-state index contributed by atoms with van der Waals surface area (Å²) in [5, 5.41) is 0. The van der Waals surface area contributed by atoms with Gasteiger partial charge in [0.2, 0.25) is 0 Å². The fraction of sp³-hybridized carbons (Fsp3) is 0.400. The van der Waals surface area contributed by atoms with Crippen molar-refractivity contribution >= 4 is 21.9 Å². The zero-order valence-electron chi connectivity index (χ0n) is 8.21. The molecule has 1 rings (SSSR count). The lowest BCUT2D eigenvalue weighted by atomic mass is 10.2. The van der Waals surface area contributed by atoms with Crippen LogP contribution in [-0.2, 0) is 16.0 Å². The van der Waals surface area contributed by atoms with Gasteiger partial charge in [0.1, 0.15) is 0 Å². The first kappa shape index (κ1) is 11.2. The van der Waals surface area contributed by atoms with E-state index in [1.165, 1.54) is 0 Å². The Balaban J connectivity index is 2.68. The molecule has 0 N–H and O–H groups in total. The van der Waals surface area contributed by atoms with Crippen LogP contribution in [0.1, 0.15) is 18.2 Å². The van der Waals surface area contributed by atoms with Crippen LogP contribution >= 0.6 is 15.9 Å². The molecule has 0 saturated heterocycles. The van der Waals surface area contributed by atoms with Crippen LogP contribution in [0.25, 0.3) is 0 Å². The Morgan fingerprint density at radius 1 is 1.64 bits per heavy atom. The molecule has 0 bridgehead atoms. The zero-order valence-corrected chi connectivity index (χ0v) is 9.80. The number of halogens is 1. The molecule has 0 aliphatic carbocycles. The third-order valence-electron chi connectivity index (χ3n) is 1.73. The molecule has 1 aromatic rings. The largest absolute Gasteiger partial charge is 0.466 e. The molecule has 14 heavy (non-hydrogen) atoms. The van der Waals surface area contributed by atoms with E-state index >= 15 is 0 Å². The van der Waals surface area contributed by atoms with Crippen molar-refractivity contribution in [2.24, 2.45) is 0 Å². The fourth-order valence-electron chi connectivity index (χ4n) is 1.05. The summed E-state index contributed by atoms with van der Waals surface area (Å²) in [4.78, 5) is 15.2. The SMILES string of the molecule is CCOC(=O)Cc1cc(C)c(Br)cn1. The first-order valence-electron chi connectivity index (χ1n) is 4.40. The molecular formula is C10H12BrNO2. The van der Waals surface area contributed by atoms with Gasteiger partial charge in [-0.05, 0) is 41.4 Å². The van der Waals surface area contributed by atoms with Gasteiger partial charge < -0.3 is 4.74 Å². The maximum atomic E-state index is 11.1. The van der Waals surface area contributed by atoms with Gasteiger partial charge in [0, 0.05) is 10.7 Å². The number of carbonyl (C=O) groups is 1. The summed E-state index contributed by atoms with van der Waals surface area (Å²) in [6.07, 6.45) is 1.94. The molecule has 0 saturated carbocycles. The van der Waals surface area contributed by atoms with E-state index in [2.05, 4.69) is 20.9 Å². The smallest absolute Gasteiger partial charge is 0.311 e. The van der Waals surface area contributed by atoms with Gasteiger partial charge in [0.05, 0.1) is 18.7 Å². The molecule has 0 aliphatic heterocycles. The highest BCUT2D eigenvalue weighted by molar-refractivity contribution is 9.10. The van der Waals surface area contributed by atoms with Crippen molar-refractivity contribution in [3.63, 3.8) is 0 Å². The molecule has 1 heterocycles. The molecule has 0 radical (unpaired) electrons. The van der Waals surface area contributed by atoms with Crippen molar-refractivity contribution in [2.75, 3.05) is 6.61 Å². The Bertz CT molecular complexity index is 339. The van der Waals surface area contributed by atoms with Crippen molar-refractivity contribution in [3.05, 3.63) is 28.0 Å². The average molecular weight is 258 g/mol. The maximum Gasteiger partial charge on any atom is 0.311 e. The van der Waals surface area contributed by atoms with Gasteiger partial charge in [-0.3, -0.25) is 9.78 Å². The second kappa shape index (κ2) is 5.10. The van der Waals surface area contributed by atoms with E-state index in [4.69, 9.17) is 4.74 Å². The van der Waals surface area contributed by atoms with Crippen LogP contribution in [0.2, 0.25) is 0 Å². The first-order valence-corrected chi connectivity index (χ1v) is 5.19. The van der Waals surface area contributed by atoms with Crippen molar-refractivity contribution < 1.29 is 9.53 Å². The molecule has 76 valence electrons. The first-order chi connectivity index (χ1) is 6.63.